The van der Waals surface area contributed by atoms with E-state index in [4.69, 9.17) is 4.74 Å². The molecular weight excluding hydrogens is 388 g/mol. The lowest BCUT2D eigenvalue weighted by molar-refractivity contribution is -0.383. The lowest BCUT2D eigenvalue weighted by atomic mass is 10.1. The topological polar surface area (TPSA) is 133 Å². The Morgan fingerprint density at radius 3 is 2.32 bits per heavy atom. The molecule has 0 radical (unpaired) electrons. The summed E-state index contributed by atoms with van der Waals surface area (Å²) >= 11 is 0. The summed E-state index contributed by atoms with van der Waals surface area (Å²) in [7, 11) is -3.20. The smallest absolute Gasteiger partial charge is 0.338 e. The van der Waals surface area contributed by atoms with Crippen LogP contribution in [0.15, 0.2) is 48.5 Å². The quantitative estimate of drug-likeness (QED) is 0.424. The maximum absolute atomic E-state index is 12.2. The van der Waals surface area contributed by atoms with E-state index in [1.54, 1.807) is 0 Å². The van der Waals surface area contributed by atoms with Gasteiger partial charge in [0.25, 0.3) is 11.6 Å². The normalized spacial score (nSPS) is 12.1. The number of nitro groups is 1. The van der Waals surface area contributed by atoms with Gasteiger partial charge in [0.2, 0.25) is 0 Å². The van der Waals surface area contributed by atoms with E-state index in [0.29, 0.717) is 5.56 Å². The van der Waals surface area contributed by atoms with Crippen LogP contribution in [-0.4, -0.2) is 37.6 Å². The number of sulfone groups is 1. The molecule has 0 saturated heterocycles. The number of esters is 1. The number of hydrogen-bond acceptors (Lipinski definition) is 7. The number of hydrogen-bond donors (Lipinski definition) is 1. The number of carbonyl (C=O) groups excluding carboxylic acids is 2. The molecule has 28 heavy (non-hydrogen) atoms. The van der Waals surface area contributed by atoms with Crippen molar-refractivity contribution in [2.75, 3.05) is 11.6 Å². The van der Waals surface area contributed by atoms with E-state index in [-0.39, 0.29) is 22.7 Å². The van der Waals surface area contributed by atoms with Crippen LogP contribution in [0.4, 0.5) is 11.4 Å². The second kappa shape index (κ2) is 8.61. The predicted octanol–water partition coefficient (Wildman–Crippen LogP) is 2.32. The van der Waals surface area contributed by atoms with Crippen molar-refractivity contribution in [1.29, 1.82) is 0 Å². The summed E-state index contributed by atoms with van der Waals surface area (Å²) in [6.45, 7) is 1.33. The number of para-hydroxylation sites is 2. The van der Waals surface area contributed by atoms with Gasteiger partial charge in [-0.1, -0.05) is 24.3 Å². The van der Waals surface area contributed by atoms with Crippen LogP contribution in [0.1, 0.15) is 22.8 Å². The maximum atomic E-state index is 12.2. The first-order valence-corrected chi connectivity index (χ1v) is 10.1. The highest BCUT2D eigenvalue weighted by atomic mass is 32.2. The Morgan fingerprint density at radius 1 is 1.14 bits per heavy atom. The Kier molecular flexibility index (Phi) is 6.47. The summed E-state index contributed by atoms with van der Waals surface area (Å²) in [5.74, 6) is -1.66. The molecule has 9 nitrogen and oxygen atoms in total. The van der Waals surface area contributed by atoms with E-state index >= 15 is 0 Å². The first kappa shape index (κ1) is 21.0. The second-order valence-electron chi connectivity index (χ2n) is 6.08. The molecule has 0 saturated carbocycles. The molecule has 0 aromatic heterocycles. The molecule has 2 rings (SSSR count). The molecule has 1 atom stereocenters. The number of carbonyl (C=O) groups is 2. The molecule has 0 aliphatic carbocycles. The van der Waals surface area contributed by atoms with Gasteiger partial charge in [-0.25, -0.2) is 13.2 Å². The van der Waals surface area contributed by atoms with Crippen LogP contribution in [0.5, 0.6) is 0 Å². The number of anilines is 1. The molecule has 0 fully saturated rings. The average Bonchev–Trinajstić information content (AvgIpc) is 2.61. The van der Waals surface area contributed by atoms with Crippen LogP contribution >= 0.6 is 0 Å². The Morgan fingerprint density at radius 2 is 1.75 bits per heavy atom. The molecule has 2 aromatic rings. The van der Waals surface area contributed by atoms with E-state index in [0.717, 1.165) is 6.26 Å². The zero-order valence-electron chi connectivity index (χ0n) is 15.1. The zero-order valence-corrected chi connectivity index (χ0v) is 15.9. The van der Waals surface area contributed by atoms with Gasteiger partial charge in [0.15, 0.2) is 15.9 Å². The predicted molar refractivity (Wildman–Crippen MR) is 102 cm³/mol. The highest BCUT2D eigenvalue weighted by Gasteiger charge is 2.22. The van der Waals surface area contributed by atoms with Crippen LogP contribution in [0, 0.1) is 10.1 Å². The van der Waals surface area contributed by atoms with Crippen LogP contribution in [-0.2, 0) is 25.1 Å². The molecule has 1 N–H and O–H groups in total. The maximum Gasteiger partial charge on any atom is 0.338 e. The Bertz CT molecular complexity index is 1000. The zero-order chi connectivity index (χ0) is 20.9. The molecule has 0 unspecified atom stereocenters. The molecule has 0 spiro atoms. The van der Waals surface area contributed by atoms with Gasteiger partial charge in [0.05, 0.1) is 16.2 Å². The highest BCUT2D eigenvalue weighted by molar-refractivity contribution is 7.89. The van der Waals surface area contributed by atoms with Crippen molar-refractivity contribution in [2.45, 2.75) is 18.8 Å². The van der Waals surface area contributed by atoms with Crippen molar-refractivity contribution in [3.63, 3.8) is 0 Å². The van der Waals surface area contributed by atoms with Crippen molar-refractivity contribution in [2.24, 2.45) is 0 Å². The summed E-state index contributed by atoms with van der Waals surface area (Å²) < 4.78 is 27.6. The summed E-state index contributed by atoms with van der Waals surface area (Å²) in [6, 6.07) is 11.4. The highest BCUT2D eigenvalue weighted by Crippen LogP contribution is 2.23. The van der Waals surface area contributed by atoms with Crippen LogP contribution in [0.25, 0.3) is 0 Å². The molecular formula is C18H18N2O7S. The fourth-order valence-electron chi connectivity index (χ4n) is 2.29. The van der Waals surface area contributed by atoms with E-state index in [1.165, 1.54) is 55.5 Å². The van der Waals surface area contributed by atoms with E-state index < -0.39 is 32.7 Å². The van der Waals surface area contributed by atoms with Crippen LogP contribution in [0.2, 0.25) is 0 Å². The minimum Gasteiger partial charge on any atom is -0.449 e. The van der Waals surface area contributed by atoms with Crippen molar-refractivity contribution in [1.82, 2.24) is 0 Å². The SMILES string of the molecule is C[C@@H](OC(=O)c1ccc(CS(C)(=O)=O)cc1)C(=O)Nc1ccccc1[N+](=O)[O-]. The summed E-state index contributed by atoms with van der Waals surface area (Å²) in [5, 5.41) is 13.3. The minimum absolute atomic E-state index is 0.00877. The van der Waals surface area contributed by atoms with Gasteiger partial charge in [-0.2, -0.15) is 0 Å². The lowest BCUT2D eigenvalue weighted by Crippen LogP contribution is -2.30. The molecule has 10 heteroatoms. The fraction of sp³-hybridized carbons (Fsp3) is 0.222. The second-order valence-corrected chi connectivity index (χ2v) is 8.22. The Balaban J connectivity index is 2.02. The number of nitrogens with one attached hydrogen (secondary N) is 1. The fourth-order valence-corrected chi connectivity index (χ4v) is 3.09. The van der Waals surface area contributed by atoms with Crippen molar-refractivity contribution < 1.29 is 27.7 Å². The van der Waals surface area contributed by atoms with Crippen molar-refractivity contribution in [3.8, 4) is 0 Å². The van der Waals surface area contributed by atoms with Gasteiger partial charge in [0.1, 0.15) is 5.69 Å². The Hall–Kier alpha value is -3.27. The number of nitrogens with zero attached hydrogens (tertiary/aromatic N) is 1. The lowest BCUT2D eigenvalue weighted by Gasteiger charge is -2.13. The number of rotatable bonds is 7. The molecule has 148 valence electrons. The number of benzene rings is 2. The van der Waals surface area contributed by atoms with E-state index in [2.05, 4.69) is 5.32 Å². The first-order chi connectivity index (χ1) is 13.1. The van der Waals surface area contributed by atoms with Crippen molar-refractivity contribution in [3.05, 3.63) is 69.8 Å². The standard InChI is InChI=1S/C18H18N2O7S/c1-12(17(21)19-15-5-3-4-6-16(15)20(23)24)27-18(22)14-9-7-13(8-10-14)11-28(2,25)26/h3-10,12H,11H2,1-2H3,(H,19,21)/t12-/m1/s1. The van der Waals surface area contributed by atoms with Gasteiger partial charge in [0, 0.05) is 12.3 Å². The third-order valence-electron chi connectivity index (χ3n) is 3.63. The molecule has 0 heterocycles. The summed E-state index contributed by atoms with van der Waals surface area (Å²) in [5.41, 5.74) is 0.366. The van der Waals surface area contributed by atoms with Crippen LogP contribution < -0.4 is 5.32 Å². The number of amides is 1. The van der Waals surface area contributed by atoms with E-state index in [9.17, 15) is 28.1 Å². The van der Waals surface area contributed by atoms with Gasteiger partial charge < -0.3 is 10.1 Å². The van der Waals surface area contributed by atoms with Gasteiger partial charge in [-0.05, 0) is 30.7 Å². The van der Waals surface area contributed by atoms with Gasteiger partial charge in [-0.3, -0.25) is 14.9 Å². The molecule has 0 aliphatic rings. The van der Waals surface area contributed by atoms with Crippen LogP contribution in [0.3, 0.4) is 0 Å². The minimum atomic E-state index is -3.20. The monoisotopic (exact) mass is 406 g/mol. The van der Waals surface area contributed by atoms with Gasteiger partial charge >= 0.3 is 5.97 Å². The number of ether oxygens (including phenoxy) is 1. The molecule has 0 bridgehead atoms. The molecule has 2 aromatic carbocycles. The third kappa shape index (κ3) is 5.88. The largest absolute Gasteiger partial charge is 0.449 e. The summed E-state index contributed by atoms with van der Waals surface area (Å²) in [4.78, 5) is 34.7. The first-order valence-electron chi connectivity index (χ1n) is 8.09. The van der Waals surface area contributed by atoms with Crippen molar-refractivity contribution >= 4 is 33.1 Å². The Labute approximate surface area is 161 Å². The third-order valence-corrected chi connectivity index (χ3v) is 4.49. The summed E-state index contributed by atoms with van der Waals surface area (Å²) in [6.07, 6.45) is -0.102. The molecule has 0 aliphatic heterocycles. The van der Waals surface area contributed by atoms with E-state index in [1.807, 2.05) is 0 Å². The average molecular weight is 406 g/mol. The number of nitro benzene ring substituents is 1. The molecule has 1 amide bonds. The van der Waals surface area contributed by atoms with Gasteiger partial charge in [-0.15, -0.1) is 0 Å².